The second-order valence-electron chi connectivity index (χ2n) is 5.54. The number of hydrogen-bond acceptors (Lipinski definition) is 3. The minimum atomic E-state index is -0.376. The van der Waals surface area contributed by atoms with Crippen LogP contribution >= 0.6 is 11.3 Å². The van der Waals surface area contributed by atoms with Gasteiger partial charge in [-0.2, -0.15) is 0 Å². The Kier molecular flexibility index (Phi) is 5.35. The Balaban J connectivity index is 1.86. The molecule has 0 spiro atoms. The van der Waals surface area contributed by atoms with Crippen LogP contribution < -0.4 is 0 Å². The number of aliphatic hydroxyl groups excluding tert-OH is 1. The Hall–Kier alpha value is -1.16. The topological polar surface area (TPSA) is 23.5 Å². The zero-order chi connectivity index (χ0) is 14.5. The fourth-order valence-electron chi connectivity index (χ4n) is 2.46. The van der Waals surface area contributed by atoms with Gasteiger partial charge in [0.25, 0.3) is 0 Å². The van der Waals surface area contributed by atoms with Crippen LogP contribution in [0, 0.1) is 13.8 Å². The van der Waals surface area contributed by atoms with Crippen LogP contribution in [0.15, 0.2) is 35.7 Å². The van der Waals surface area contributed by atoms with Crippen molar-refractivity contribution in [2.45, 2.75) is 32.9 Å². The Morgan fingerprint density at radius 2 is 1.90 bits per heavy atom. The molecule has 1 N–H and O–H groups in total. The zero-order valence-corrected chi connectivity index (χ0v) is 13.3. The third kappa shape index (κ3) is 4.44. The van der Waals surface area contributed by atoms with Gasteiger partial charge in [0.05, 0.1) is 6.10 Å². The van der Waals surface area contributed by atoms with Crippen molar-refractivity contribution in [2.24, 2.45) is 0 Å². The standard InChI is InChI=1S/C17H23NOS/c1-13-9-14(2)11-15(10-13)17(19)6-7-18(3)12-16-5-4-8-20-16/h4-5,8-11,17,19H,6-7,12H2,1-3H3. The van der Waals surface area contributed by atoms with E-state index in [0.29, 0.717) is 0 Å². The number of aryl methyl sites for hydroxylation is 2. The van der Waals surface area contributed by atoms with E-state index in [0.717, 1.165) is 25.1 Å². The van der Waals surface area contributed by atoms with Gasteiger partial charge in [-0.1, -0.05) is 35.4 Å². The average Bonchev–Trinajstić information content (AvgIpc) is 2.87. The Labute approximate surface area is 125 Å². The first-order chi connectivity index (χ1) is 9.54. The van der Waals surface area contributed by atoms with Crippen LogP contribution in [0.1, 0.15) is 34.1 Å². The molecule has 108 valence electrons. The van der Waals surface area contributed by atoms with Crippen molar-refractivity contribution in [1.29, 1.82) is 0 Å². The molecule has 0 aliphatic carbocycles. The van der Waals surface area contributed by atoms with Crippen molar-refractivity contribution in [3.8, 4) is 0 Å². The molecule has 0 bridgehead atoms. The van der Waals surface area contributed by atoms with E-state index in [1.54, 1.807) is 11.3 Å². The first-order valence-electron chi connectivity index (χ1n) is 7.02. The highest BCUT2D eigenvalue weighted by atomic mass is 32.1. The second-order valence-corrected chi connectivity index (χ2v) is 6.57. The van der Waals surface area contributed by atoms with Crippen LogP contribution in [0.5, 0.6) is 0 Å². The highest BCUT2D eigenvalue weighted by Gasteiger charge is 2.10. The number of benzene rings is 1. The summed E-state index contributed by atoms with van der Waals surface area (Å²) < 4.78 is 0. The molecule has 2 nitrogen and oxygen atoms in total. The van der Waals surface area contributed by atoms with E-state index in [1.807, 2.05) is 0 Å². The molecule has 0 aliphatic rings. The quantitative estimate of drug-likeness (QED) is 0.871. The smallest absolute Gasteiger partial charge is 0.0802 e. The van der Waals surface area contributed by atoms with Crippen molar-refractivity contribution in [1.82, 2.24) is 4.90 Å². The third-order valence-electron chi connectivity index (χ3n) is 3.42. The number of hydrogen-bond donors (Lipinski definition) is 1. The molecule has 1 aromatic carbocycles. The lowest BCUT2D eigenvalue weighted by molar-refractivity contribution is 0.148. The molecule has 2 aromatic rings. The molecule has 0 saturated heterocycles. The minimum Gasteiger partial charge on any atom is -0.388 e. The van der Waals surface area contributed by atoms with Crippen LogP contribution in [-0.2, 0) is 6.54 Å². The van der Waals surface area contributed by atoms with Gasteiger partial charge in [-0.3, -0.25) is 0 Å². The third-order valence-corrected chi connectivity index (χ3v) is 4.28. The van der Waals surface area contributed by atoms with E-state index >= 15 is 0 Å². The van der Waals surface area contributed by atoms with Gasteiger partial charge in [-0.15, -0.1) is 11.3 Å². The molecule has 1 unspecified atom stereocenters. The fraction of sp³-hybridized carbons (Fsp3) is 0.412. The molecule has 2 rings (SSSR count). The van der Waals surface area contributed by atoms with Gasteiger partial charge in [0, 0.05) is 18.0 Å². The number of nitrogens with zero attached hydrogens (tertiary/aromatic N) is 1. The molecule has 0 aliphatic heterocycles. The van der Waals surface area contributed by atoms with E-state index in [9.17, 15) is 5.11 Å². The van der Waals surface area contributed by atoms with E-state index in [2.05, 4.69) is 61.5 Å². The van der Waals surface area contributed by atoms with Crippen LogP contribution in [-0.4, -0.2) is 23.6 Å². The predicted octanol–water partition coefficient (Wildman–Crippen LogP) is 3.92. The Bertz CT molecular complexity index is 516. The second kappa shape index (κ2) is 7.02. The molecular weight excluding hydrogens is 266 g/mol. The summed E-state index contributed by atoms with van der Waals surface area (Å²) in [5, 5.41) is 12.4. The molecule has 0 amide bonds. The molecule has 1 atom stereocenters. The molecular formula is C17H23NOS. The summed E-state index contributed by atoms with van der Waals surface area (Å²) >= 11 is 1.78. The summed E-state index contributed by atoms with van der Waals surface area (Å²) in [6.07, 6.45) is 0.393. The Morgan fingerprint density at radius 3 is 2.50 bits per heavy atom. The van der Waals surface area contributed by atoms with Crippen molar-refractivity contribution < 1.29 is 5.11 Å². The summed E-state index contributed by atoms with van der Waals surface area (Å²) in [5.41, 5.74) is 3.46. The van der Waals surface area contributed by atoms with Crippen molar-refractivity contribution in [2.75, 3.05) is 13.6 Å². The molecule has 20 heavy (non-hydrogen) atoms. The average molecular weight is 289 g/mol. The number of aliphatic hydroxyl groups is 1. The van der Waals surface area contributed by atoms with E-state index in [4.69, 9.17) is 0 Å². The first-order valence-corrected chi connectivity index (χ1v) is 7.90. The summed E-state index contributed by atoms with van der Waals surface area (Å²) in [6, 6.07) is 10.5. The monoisotopic (exact) mass is 289 g/mol. The lowest BCUT2D eigenvalue weighted by Gasteiger charge is -2.19. The fourth-order valence-corrected chi connectivity index (χ4v) is 3.24. The van der Waals surface area contributed by atoms with Crippen LogP contribution in [0.4, 0.5) is 0 Å². The van der Waals surface area contributed by atoms with Gasteiger partial charge >= 0.3 is 0 Å². The van der Waals surface area contributed by atoms with Crippen molar-refractivity contribution >= 4 is 11.3 Å². The highest BCUT2D eigenvalue weighted by Crippen LogP contribution is 2.20. The van der Waals surface area contributed by atoms with Crippen LogP contribution in [0.3, 0.4) is 0 Å². The van der Waals surface area contributed by atoms with E-state index in [1.165, 1.54) is 16.0 Å². The molecule has 0 saturated carbocycles. The Morgan fingerprint density at radius 1 is 1.20 bits per heavy atom. The summed E-state index contributed by atoms with van der Waals surface area (Å²) in [5.74, 6) is 0. The van der Waals surface area contributed by atoms with Gasteiger partial charge in [0.15, 0.2) is 0 Å². The predicted molar refractivity (Wildman–Crippen MR) is 86.1 cm³/mol. The maximum Gasteiger partial charge on any atom is 0.0802 e. The van der Waals surface area contributed by atoms with Crippen molar-refractivity contribution in [3.63, 3.8) is 0 Å². The van der Waals surface area contributed by atoms with Gasteiger partial charge in [0.1, 0.15) is 0 Å². The van der Waals surface area contributed by atoms with Gasteiger partial charge in [-0.25, -0.2) is 0 Å². The lowest BCUT2D eigenvalue weighted by Crippen LogP contribution is -2.20. The van der Waals surface area contributed by atoms with Crippen LogP contribution in [0.25, 0.3) is 0 Å². The summed E-state index contributed by atoms with van der Waals surface area (Å²) in [6.45, 7) is 6.00. The summed E-state index contributed by atoms with van der Waals surface area (Å²) in [4.78, 5) is 3.63. The molecule has 0 fully saturated rings. The SMILES string of the molecule is Cc1cc(C)cc(C(O)CCN(C)Cc2cccs2)c1. The maximum atomic E-state index is 10.3. The largest absolute Gasteiger partial charge is 0.388 e. The molecule has 1 aromatic heterocycles. The number of thiophene rings is 1. The van der Waals surface area contributed by atoms with Crippen LogP contribution in [0.2, 0.25) is 0 Å². The molecule has 1 heterocycles. The molecule has 3 heteroatoms. The normalized spacial score (nSPS) is 12.8. The first kappa shape index (κ1) is 15.2. The van der Waals surface area contributed by atoms with Crippen molar-refractivity contribution in [3.05, 3.63) is 57.3 Å². The van der Waals surface area contributed by atoms with E-state index in [-0.39, 0.29) is 6.10 Å². The van der Waals surface area contributed by atoms with Gasteiger partial charge in [-0.05, 0) is 44.3 Å². The van der Waals surface area contributed by atoms with E-state index < -0.39 is 0 Å². The summed E-state index contributed by atoms with van der Waals surface area (Å²) in [7, 11) is 2.11. The molecule has 0 radical (unpaired) electrons. The minimum absolute atomic E-state index is 0.376. The highest BCUT2D eigenvalue weighted by molar-refractivity contribution is 7.09. The lowest BCUT2D eigenvalue weighted by atomic mass is 10.0. The van der Waals surface area contributed by atoms with Gasteiger partial charge in [0.2, 0.25) is 0 Å². The maximum absolute atomic E-state index is 10.3. The number of rotatable bonds is 6. The zero-order valence-electron chi connectivity index (χ0n) is 12.5. The van der Waals surface area contributed by atoms with Gasteiger partial charge < -0.3 is 10.0 Å².